The quantitative estimate of drug-likeness (QED) is 0.732. The zero-order valence-electron chi connectivity index (χ0n) is 7.99. The van der Waals surface area contributed by atoms with Crippen molar-refractivity contribution in [1.29, 1.82) is 0 Å². The van der Waals surface area contributed by atoms with Gasteiger partial charge in [0.15, 0.2) is 0 Å². The fourth-order valence-corrected chi connectivity index (χ4v) is 2.07. The molecule has 0 spiro atoms. The molecule has 0 bridgehead atoms. The van der Waals surface area contributed by atoms with Gasteiger partial charge < -0.3 is 5.11 Å². The summed E-state index contributed by atoms with van der Waals surface area (Å²) in [6.45, 7) is 5.99. The Bertz CT molecular complexity index is 333. The molecule has 0 amide bonds. The maximum absolute atomic E-state index is 10.9. The minimum Gasteiger partial charge on any atom is -0.480 e. The fraction of sp³-hybridized carbons (Fsp3) is 0.300. The highest BCUT2D eigenvalue weighted by Gasteiger charge is 2.19. The highest BCUT2D eigenvalue weighted by molar-refractivity contribution is 7.12. The van der Waals surface area contributed by atoms with E-state index in [2.05, 4.69) is 11.9 Å². The van der Waals surface area contributed by atoms with Crippen LogP contribution in [0.5, 0.6) is 0 Å². The van der Waals surface area contributed by atoms with E-state index in [-0.39, 0.29) is 0 Å². The molecule has 0 aromatic carbocycles. The van der Waals surface area contributed by atoms with Crippen molar-refractivity contribution in [2.75, 3.05) is 6.54 Å². The van der Waals surface area contributed by atoms with Crippen molar-refractivity contribution < 1.29 is 9.90 Å². The van der Waals surface area contributed by atoms with Gasteiger partial charge in [-0.25, -0.2) is 0 Å². The van der Waals surface area contributed by atoms with Gasteiger partial charge in [-0.15, -0.1) is 17.9 Å². The molecule has 1 aromatic heterocycles. The van der Waals surface area contributed by atoms with Crippen molar-refractivity contribution >= 4 is 17.3 Å². The summed E-state index contributed by atoms with van der Waals surface area (Å²) in [7, 11) is 0. The first-order valence-corrected chi connectivity index (χ1v) is 5.10. The van der Waals surface area contributed by atoms with Gasteiger partial charge in [0.2, 0.25) is 0 Å². The SMILES string of the molecule is C=CCNC(C(=O)O)c1ccc(C)s1. The van der Waals surface area contributed by atoms with Crippen molar-refractivity contribution in [3.63, 3.8) is 0 Å². The molecule has 1 unspecified atom stereocenters. The molecule has 0 aliphatic rings. The van der Waals surface area contributed by atoms with E-state index >= 15 is 0 Å². The van der Waals surface area contributed by atoms with E-state index in [1.165, 1.54) is 11.3 Å². The second-order valence-electron chi connectivity index (χ2n) is 2.92. The number of rotatable bonds is 5. The lowest BCUT2D eigenvalue weighted by molar-refractivity contribution is -0.139. The van der Waals surface area contributed by atoms with Crippen molar-refractivity contribution in [3.8, 4) is 0 Å². The maximum atomic E-state index is 10.9. The average Bonchev–Trinajstić information content (AvgIpc) is 2.52. The van der Waals surface area contributed by atoms with Gasteiger partial charge in [-0.3, -0.25) is 10.1 Å². The molecule has 76 valence electrons. The largest absolute Gasteiger partial charge is 0.480 e. The van der Waals surface area contributed by atoms with Gasteiger partial charge in [0, 0.05) is 16.3 Å². The van der Waals surface area contributed by atoms with Crippen molar-refractivity contribution in [3.05, 3.63) is 34.5 Å². The molecule has 0 radical (unpaired) electrons. The Kier molecular flexibility index (Phi) is 3.85. The molecule has 0 aliphatic carbocycles. The summed E-state index contributed by atoms with van der Waals surface area (Å²) in [5.41, 5.74) is 0. The van der Waals surface area contributed by atoms with Gasteiger partial charge in [0.1, 0.15) is 6.04 Å². The summed E-state index contributed by atoms with van der Waals surface area (Å²) < 4.78 is 0. The normalized spacial score (nSPS) is 12.4. The molecule has 1 rings (SSSR count). The summed E-state index contributed by atoms with van der Waals surface area (Å²) in [5.74, 6) is -0.853. The second kappa shape index (κ2) is 4.93. The molecule has 3 nitrogen and oxygen atoms in total. The van der Waals surface area contributed by atoms with E-state index in [0.29, 0.717) is 6.54 Å². The molecule has 0 aliphatic heterocycles. The smallest absolute Gasteiger partial charge is 0.326 e. The minimum absolute atomic E-state index is 0.494. The molecular formula is C10H13NO2S. The van der Waals surface area contributed by atoms with Gasteiger partial charge in [0.25, 0.3) is 0 Å². The molecule has 1 atom stereocenters. The van der Waals surface area contributed by atoms with Gasteiger partial charge in [-0.2, -0.15) is 0 Å². The van der Waals surface area contributed by atoms with Gasteiger partial charge in [-0.05, 0) is 19.1 Å². The van der Waals surface area contributed by atoms with Crippen molar-refractivity contribution in [2.24, 2.45) is 0 Å². The van der Waals surface area contributed by atoms with Crippen LogP contribution in [0, 0.1) is 6.92 Å². The summed E-state index contributed by atoms with van der Waals surface area (Å²) in [4.78, 5) is 12.9. The molecule has 0 saturated carbocycles. The van der Waals surface area contributed by atoms with Crippen LogP contribution in [-0.2, 0) is 4.79 Å². The zero-order chi connectivity index (χ0) is 10.6. The Morgan fingerprint density at radius 2 is 2.50 bits per heavy atom. The number of carboxylic acid groups (broad SMARTS) is 1. The zero-order valence-corrected chi connectivity index (χ0v) is 8.80. The lowest BCUT2D eigenvalue weighted by Crippen LogP contribution is -2.27. The van der Waals surface area contributed by atoms with Gasteiger partial charge >= 0.3 is 5.97 Å². The Balaban J connectivity index is 2.77. The second-order valence-corrected chi connectivity index (χ2v) is 4.24. The third-order valence-electron chi connectivity index (χ3n) is 1.76. The summed E-state index contributed by atoms with van der Waals surface area (Å²) in [6, 6.07) is 3.15. The van der Waals surface area contributed by atoms with E-state index in [0.717, 1.165) is 9.75 Å². The minimum atomic E-state index is -0.853. The molecule has 4 heteroatoms. The van der Waals surface area contributed by atoms with E-state index in [9.17, 15) is 4.79 Å². The maximum Gasteiger partial charge on any atom is 0.326 e. The van der Waals surface area contributed by atoms with E-state index in [1.807, 2.05) is 19.1 Å². The van der Waals surface area contributed by atoms with Crippen LogP contribution < -0.4 is 5.32 Å². The van der Waals surface area contributed by atoms with Crippen LogP contribution in [0.4, 0.5) is 0 Å². The molecule has 0 fully saturated rings. The molecular weight excluding hydrogens is 198 g/mol. The first-order valence-electron chi connectivity index (χ1n) is 4.28. The number of aryl methyl sites for hydroxylation is 1. The van der Waals surface area contributed by atoms with E-state index in [1.54, 1.807) is 6.08 Å². The molecule has 1 aromatic rings. The van der Waals surface area contributed by atoms with Gasteiger partial charge in [-0.1, -0.05) is 6.08 Å². The van der Waals surface area contributed by atoms with Crippen molar-refractivity contribution in [2.45, 2.75) is 13.0 Å². The predicted octanol–water partition coefficient (Wildman–Crippen LogP) is 1.96. The third-order valence-corrected chi connectivity index (χ3v) is 2.82. The lowest BCUT2D eigenvalue weighted by atomic mass is 10.2. The lowest BCUT2D eigenvalue weighted by Gasteiger charge is -2.10. The van der Waals surface area contributed by atoms with Crippen LogP contribution in [0.2, 0.25) is 0 Å². The molecule has 14 heavy (non-hydrogen) atoms. The number of nitrogens with one attached hydrogen (secondary N) is 1. The number of hydrogen-bond donors (Lipinski definition) is 2. The monoisotopic (exact) mass is 211 g/mol. The van der Waals surface area contributed by atoms with Crippen LogP contribution in [-0.4, -0.2) is 17.6 Å². The van der Waals surface area contributed by atoms with Crippen LogP contribution in [0.25, 0.3) is 0 Å². The number of carbonyl (C=O) groups is 1. The van der Waals surface area contributed by atoms with Crippen molar-refractivity contribution in [1.82, 2.24) is 5.32 Å². The highest BCUT2D eigenvalue weighted by atomic mass is 32.1. The molecule has 1 heterocycles. The predicted molar refractivity (Wildman–Crippen MR) is 57.6 cm³/mol. The topological polar surface area (TPSA) is 49.3 Å². The summed E-state index contributed by atoms with van der Waals surface area (Å²) in [5, 5.41) is 11.9. The number of hydrogen-bond acceptors (Lipinski definition) is 3. The van der Waals surface area contributed by atoms with Crippen LogP contribution in [0.3, 0.4) is 0 Å². The van der Waals surface area contributed by atoms with Gasteiger partial charge in [0.05, 0.1) is 0 Å². The summed E-state index contributed by atoms with van der Waals surface area (Å²) in [6.07, 6.45) is 1.65. The van der Waals surface area contributed by atoms with E-state index < -0.39 is 12.0 Å². The fourth-order valence-electron chi connectivity index (χ4n) is 1.12. The average molecular weight is 211 g/mol. The molecule has 0 saturated heterocycles. The number of thiophene rings is 1. The standard InChI is InChI=1S/C10H13NO2S/c1-3-6-11-9(10(12)13)8-5-4-7(2)14-8/h3-5,9,11H,1,6H2,2H3,(H,12,13). The third kappa shape index (κ3) is 2.68. The first-order chi connectivity index (χ1) is 6.65. The highest BCUT2D eigenvalue weighted by Crippen LogP contribution is 2.22. The first kappa shape index (κ1) is 10.9. The van der Waals surface area contributed by atoms with Crippen LogP contribution in [0.15, 0.2) is 24.8 Å². The van der Waals surface area contributed by atoms with Crippen LogP contribution >= 0.6 is 11.3 Å². The Labute approximate surface area is 87.1 Å². The Morgan fingerprint density at radius 3 is 2.93 bits per heavy atom. The molecule has 2 N–H and O–H groups in total. The number of carboxylic acids is 1. The summed E-state index contributed by atoms with van der Waals surface area (Å²) >= 11 is 1.50. The Hall–Kier alpha value is -1.13. The Morgan fingerprint density at radius 1 is 1.79 bits per heavy atom. The number of aliphatic carboxylic acids is 1. The van der Waals surface area contributed by atoms with E-state index in [4.69, 9.17) is 5.11 Å². The van der Waals surface area contributed by atoms with Crippen LogP contribution in [0.1, 0.15) is 15.8 Å².